The predicted octanol–water partition coefficient (Wildman–Crippen LogP) is 6.56. The summed E-state index contributed by atoms with van der Waals surface area (Å²) in [7, 11) is 1.34. The first-order valence-electron chi connectivity index (χ1n) is 8.13. The fourth-order valence-electron chi connectivity index (χ4n) is 2.84. The van der Waals surface area contributed by atoms with Crippen LogP contribution < -0.4 is 10.4 Å². The second-order valence-electron chi connectivity index (χ2n) is 5.85. The van der Waals surface area contributed by atoms with Crippen LogP contribution in [0.3, 0.4) is 0 Å². The molecular weight excluding hydrogens is 501 g/mol. The summed E-state index contributed by atoms with van der Waals surface area (Å²) < 4.78 is 78.7. The van der Waals surface area contributed by atoms with E-state index in [2.05, 4.69) is 5.43 Å². The maximum Gasteiger partial charge on any atom is 0.446 e. The maximum atomic E-state index is 13.2. The summed E-state index contributed by atoms with van der Waals surface area (Å²) >= 11 is 17.3. The number of rotatable bonds is 6. The number of anilines is 1. The molecule has 0 spiro atoms. The molecule has 1 unspecified atom stereocenters. The lowest BCUT2D eigenvalue weighted by Crippen LogP contribution is -2.50. The minimum Gasteiger partial charge on any atom is -0.260 e. The van der Waals surface area contributed by atoms with Crippen molar-refractivity contribution in [3.8, 4) is 6.07 Å². The zero-order chi connectivity index (χ0) is 22.9. The summed E-state index contributed by atoms with van der Waals surface area (Å²) in [5.41, 5.74) is -3.44. The summed E-state index contributed by atoms with van der Waals surface area (Å²) in [6.45, 7) is 0. The van der Waals surface area contributed by atoms with Gasteiger partial charge in [0.25, 0.3) is 0 Å². The van der Waals surface area contributed by atoms with Crippen LogP contribution in [0.4, 0.5) is 32.0 Å². The molecule has 0 fully saturated rings. The highest BCUT2D eigenvalue weighted by Gasteiger charge is 2.46. The van der Waals surface area contributed by atoms with E-state index in [0.717, 1.165) is 10.1 Å². The van der Waals surface area contributed by atoms with Crippen molar-refractivity contribution in [2.75, 3.05) is 17.9 Å². The molecular formula is C16H13Cl3F6N4S. The van der Waals surface area contributed by atoms with E-state index in [-0.39, 0.29) is 35.0 Å². The zero-order valence-corrected chi connectivity index (χ0v) is 18.1. The van der Waals surface area contributed by atoms with Crippen LogP contribution in [0, 0.1) is 11.3 Å². The molecule has 1 heterocycles. The Morgan fingerprint density at radius 3 is 2.13 bits per heavy atom. The Labute approximate surface area is 187 Å². The third kappa shape index (κ3) is 5.41. The van der Waals surface area contributed by atoms with Crippen LogP contribution in [0.2, 0.25) is 10.0 Å². The van der Waals surface area contributed by atoms with Crippen LogP contribution in [-0.4, -0.2) is 29.6 Å². The number of hydrazine groups is 2. The molecule has 0 aromatic heterocycles. The van der Waals surface area contributed by atoms with Gasteiger partial charge in [-0.1, -0.05) is 23.2 Å². The number of hydrogen-bond donors (Lipinski definition) is 1. The first kappa shape index (κ1) is 25.2. The molecule has 0 saturated carbocycles. The topological polar surface area (TPSA) is 42.3 Å². The molecule has 1 aromatic rings. The average molecular weight is 514 g/mol. The van der Waals surface area contributed by atoms with E-state index in [1.54, 1.807) is 6.07 Å². The van der Waals surface area contributed by atoms with Gasteiger partial charge in [0.2, 0.25) is 0 Å². The van der Waals surface area contributed by atoms with Crippen LogP contribution in [0.1, 0.15) is 18.4 Å². The molecule has 166 valence electrons. The molecule has 2 rings (SSSR count). The van der Waals surface area contributed by atoms with E-state index in [1.807, 2.05) is 0 Å². The molecule has 1 atom stereocenters. The maximum absolute atomic E-state index is 13.2. The fraction of sp³-hybridized carbons (Fsp3) is 0.438. The quantitative estimate of drug-likeness (QED) is 0.345. The number of hydrogen-bond acceptors (Lipinski definition) is 5. The smallest absolute Gasteiger partial charge is 0.260 e. The van der Waals surface area contributed by atoms with Crippen molar-refractivity contribution in [3.05, 3.63) is 38.3 Å². The van der Waals surface area contributed by atoms with Crippen molar-refractivity contribution in [2.45, 2.75) is 30.6 Å². The molecule has 1 aliphatic heterocycles. The van der Waals surface area contributed by atoms with Crippen molar-refractivity contribution in [1.82, 2.24) is 10.5 Å². The fourth-order valence-corrected chi connectivity index (χ4v) is 4.44. The minimum absolute atomic E-state index is 0.00225. The van der Waals surface area contributed by atoms with Crippen molar-refractivity contribution in [3.63, 3.8) is 0 Å². The molecule has 0 bridgehead atoms. The number of nitrogens with one attached hydrogen (secondary N) is 1. The van der Waals surface area contributed by atoms with Gasteiger partial charge in [0.15, 0.2) is 6.04 Å². The zero-order valence-electron chi connectivity index (χ0n) is 15.0. The van der Waals surface area contributed by atoms with Gasteiger partial charge in [-0.25, -0.2) is 5.43 Å². The van der Waals surface area contributed by atoms with E-state index >= 15 is 0 Å². The second-order valence-corrected chi connectivity index (χ2v) is 8.15. The average Bonchev–Trinajstić information content (AvgIpc) is 2.89. The lowest BCUT2D eigenvalue weighted by molar-refractivity contribution is -0.137. The van der Waals surface area contributed by atoms with Gasteiger partial charge in [-0.05, 0) is 36.7 Å². The summed E-state index contributed by atoms with van der Waals surface area (Å²) in [4.78, 5) is -0.350. The van der Waals surface area contributed by atoms with Gasteiger partial charge >= 0.3 is 11.7 Å². The number of nitrogens with zero attached hydrogens (tertiary/aromatic N) is 3. The number of nitriles is 1. The van der Waals surface area contributed by atoms with E-state index in [1.165, 1.54) is 7.05 Å². The highest BCUT2D eigenvalue weighted by Crippen LogP contribution is 2.50. The Morgan fingerprint density at radius 2 is 1.73 bits per heavy atom. The van der Waals surface area contributed by atoms with E-state index in [9.17, 15) is 31.6 Å². The molecule has 0 aliphatic carbocycles. The Hall–Kier alpha value is -1.03. The van der Waals surface area contributed by atoms with Gasteiger partial charge in [-0.2, -0.15) is 31.6 Å². The van der Waals surface area contributed by atoms with Crippen LogP contribution in [-0.2, 0) is 6.18 Å². The van der Waals surface area contributed by atoms with Crippen molar-refractivity contribution >= 4 is 52.3 Å². The largest absolute Gasteiger partial charge is 0.446 e. The second kappa shape index (κ2) is 9.63. The van der Waals surface area contributed by atoms with Crippen molar-refractivity contribution in [1.29, 1.82) is 5.26 Å². The number of thioether (sulfide) groups is 1. The Balaban J connectivity index is 2.72. The summed E-state index contributed by atoms with van der Waals surface area (Å²) in [6.07, 6.45) is -4.50. The Kier molecular flexibility index (Phi) is 8.10. The third-order valence-electron chi connectivity index (χ3n) is 3.93. The number of halogens is 9. The SMILES string of the molecule is CNN1C(C#N)C(SC(F)(F)F)=C(CCCCl)N1c1c(Cl)cc(C(F)(F)F)cc1Cl. The first-order chi connectivity index (χ1) is 13.9. The molecule has 14 heteroatoms. The van der Waals surface area contributed by atoms with Gasteiger partial charge < -0.3 is 0 Å². The molecule has 30 heavy (non-hydrogen) atoms. The van der Waals surface area contributed by atoms with Crippen LogP contribution in [0.15, 0.2) is 22.7 Å². The molecule has 0 amide bonds. The summed E-state index contributed by atoms with van der Waals surface area (Å²) in [5.74, 6) is 0.104. The number of alkyl halides is 7. The summed E-state index contributed by atoms with van der Waals surface area (Å²) in [6, 6.07) is 1.57. The van der Waals surface area contributed by atoms with Gasteiger partial charge in [0, 0.05) is 23.5 Å². The highest BCUT2D eigenvalue weighted by molar-refractivity contribution is 8.04. The Bertz CT molecular complexity index is 845. The molecule has 4 nitrogen and oxygen atoms in total. The lowest BCUT2D eigenvalue weighted by Gasteiger charge is -2.34. The van der Waals surface area contributed by atoms with Gasteiger partial charge in [-0.15, -0.1) is 16.7 Å². The van der Waals surface area contributed by atoms with Crippen LogP contribution in [0.25, 0.3) is 0 Å². The molecule has 1 aliphatic rings. The van der Waals surface area contributed by atoms with E-state index < -0.39 is 45.1 Å². The molecule has 0 radical (unpaired) electrons. The lowest BCUT2D eigenvalue weighted by atomic mass is 10.1. The van der Waals surface area contributed by atoms with Gasteiger partial charge in [0.05, 0.1) is 27.4 Å². The van der Waals surface area contributed by atoms with Crippen LogP contribution >= 0.6 is 46.6 Å². The predicted molar refractivity (Wildman–Crippen MR) is 105 cm³/mol. The summed E-state index contributed by atoms with van der Waals surface area (Å²) in [5, 5.41) is 10.7. The molecule has 1 aromatic carbocycles. The third-order valence-corrected chi connectivity index (χ3v) is 5.68. The molecule has 0 saturated heterocycles. The highest BCUT2D eigenvalue weighted by atomic mass is 35.5. The van der Waals surface area contributed by atoms with E-state index in [0.29, 0.717) is 12.1 Å². The van der Waals surface area contributed by atoms with Gasteiger partial charge in [-0.3, -0.25) is 5.01 Å². The van der Waals surface area contributed by atoms with E-state index in [4.69, 9.17) is 34.8 Å². The van der Waals surface area contributed by atoms with Crippen LogP contribution in [0.5, 0.6) is 0 Å². The van der Waals surface area contributed by atoms with Gasteiger partial charge in [0.1, 0.15) is 0 Å². The number of benzene rings is 1. The first-order valence-corrected chi connectivity index (χ1v) is 10.2. The normalized spacial score (nSPS) is 18.3. The Morgan fingerprint density at radius 1 is 1.17 bits per heavy atom. The number of allylic oxidation sites excluding steroid dienone is 1. The van der Waals surface area contributed by atoms with Crippen molar-refractivity contribution in [2.24, 2.45) is 0 Å². The standard InChI is InChI=1S/C16H13Cl3F6N4S/c1-27-29-12(7-26)14(30-16(23,24)25)11(3-2-4-17)28(29)13-9(18)5-8(6-10(13)19)15(20,21)22/h5-6,12,27H,2-4H2,1H3. The minimum atomic E-state index is -4.73. The molecule has 1 N–H and O–H groups in total. The van der Waals surface area contributed by atoms with Crippen molar-refractivity contribution < 1.29 is 26.3 Å². The monoisotopic (exact) mass is 512 g/mol.